The molecule has 1 aromatic rings. The molecule has 4 rings (SSSR count). The number of likely N-dealkylation sites (tertiary alicyclic amines) is 1. The van der Waals surface area contributed by atoms with Gasteiger partial charge in [0.15, 0.2) is 0 Å². The lowest BCUT2D eigenvalue weighted by Gasteiger charge is -2.36. The summed E-state index contributed by atoms with van der Waals surface area (Å²) >= 11 is 0. The third-order valence-corrected chi connectivity index (χ3v) is 7.41. The van der Waals surface area contributed by atoms with Crippen LogP contribution >= 0.6 is 0 Å². The van der Waals surface area contributed by atoms with Crippen molar-refractivity contribution < 1.29 is 28.2 Å². The highest BCUT2D eigenvalue weighted by atomic mass is 19.1. The van der Waals surface area contributed by atoms with Gasteiger partial charge in [0.1, 0.15) is 11.4 Å². The Labute approximate surface area is 220 Å². The summed E-state index contributed by atoms with van der Waals surface area (Å²) < 4.78 is 31.7. The molecule has 0 saturated carbocycles. The predicted octanol–water partition coefficient (Wildman–Crippen LogP) is 4.46. The third kappa shape index (κ3) is 7.80. The van der Waals surface area contributed by atoms with E-state index < -0.39 is 5.60 Å². The minimum atomic E-state index is -0.529. The molecule has 3 fully saturated rings. The molecule has 206 valence electrons. The average Bonchev–Trinajstić information content (AvgIpc) is 2.87. The van der Waals surface area contributed by atoms with Gasteiger partial charge in [-0.1, -0.05) is 0 Å². The van der Waals surface area contributed by atoms with E-state index in [4.69, 9.17) is 14.2 Å². The van der Waals surface area contributed by atoms with Crippen LogP contribution in [-0.4, -0.2) is 81.7 Å². The largest absolute Gasteiger partial charge is 0.444 e. The van der Waals surface area contributed by atoms with E-state index >= 15 is 4.39 Å². The number of hydrogen-bond acceptors (Lipinski definition) is 6. The van der Waals surface area contributed by atoms with Crippen LogP contribution < -0.4 is 9.80 Å². The molecule has 2 amide bonds. The van der Waals surface area contributed by atoms with Gasteiger partial charge in [-0.05, 0) is 76.5 Å². The lowest BCUT2D eigenvalue weighted by molar-refractivity contribution is -0.120. The highest BCUT2D eigenvalue weighted by Crippen LogP contribution is 2.30. The molecule has 3 aliphatic heterocycles. The van der Waals surface area contributed by atoms with Crippen molar-refractivity contribution in [1.82, 2.24) is 4.90 Å². The number of amides is 2. The van der Waals surface area contributed by atoms with E-state index in [0.29, 0.717) is 76.9 Å². The molecule has 3 saturated heterocycles. The maximum Gasteiger partial charge on any atom is 0.410 e. The van der Waals surface area contributed by atoms with Gasteiger partial charge < -0.3 is 28.9 Å². The fourth-order valence-corrected chi connectivity index (χ4v) is 5.27. The average molecular weight is 520 g/mol. The van der Waals surface area contributed by atoms with Gasteiger partial charge in [0.25, 0.3) is 0 Å². The number of rotatable bonds is 6. The number of carbonyl (C=O) groups excluding carboxylic acids is 2. The number of morpholine rings is 1. The Morgan fingerprint density at radius 1 is 0.973 bits per heavy atom. The quantitative estimate of drug-likeness (QED) is 0.553. The molecule has 1 aromatic carbocycles. The smallest absolute Gasteiger partial charge is 0.410 e. The molecule has 0 aromatic heterocycles. The molecule has 0 radical (unpaired) electrons. The number of nitrogens with zero attached hydrogens (tertiary/aromatic N) is 3. The summed E-state index contributed by atoms with van der Waals surface area (Å²) in [4.78, 5) is 31.5. The van der Waals surface area contributed by atoms with Crippen molar-refractivity contribution >= 4 is 23.4 Å². The number of piperidine rings is 1. The molecule has 9 heteroatoms. The molecule has 37 heavy (non-hydrogen) atoms. The summed E-state index contributed by atoms with van der Waals surface area (Å²) in [6.45, 7) is 11.1. The number of ether oxygens (including phenoxy) is 3. The van der Waals surface area contributed by atoms with Crippen LogP contribution in [0.1, 0.15) is 52.9 Å². The first-order chi connectivity index (χ1) is 17.7. The van der Waals surface area contributed by atoms with Crippen molar-refractivity contribution in [1.29, 1.82) is 0 Å². The predicted molar refractivity (Wildman–Crippen MR) is 140 cm³/mol. The zero-order chi connectivity index (χ0) is 26.4. The molecule has 0 unspecified atom stereocenters. The van der Waals surface area contributed by atoms with E-state index in [9.17, 15) is 9.59 Å². The third-order valence-electron chi connectivity index (χ3n) is 7.41. The Morgan fingerprint density at radius 3 is 2.24 bits per heavy atom. The fourth-order valence-electron chi connectivity index (χ4n) is 5.27. The minimum absolute atomic E-state index is 0.0278. The van der Waals surface area contributed by atoms with Crippen molar-refractivity contribution in [3.8, 4) is 0 Å². The second kappa shape index (κ2) is 12.4. The Morgan fingerprint density at radius 2 is 1.62 bits per heavy atom. The first kappa shape index (κ1) is 27.6. The van der Waals surface area contributed by atoms with E-state index in [2.05, 4.69) is 0 Å². The summed E-state index contributed by atoms with van der Waals surface area (Å²) in [7, 11) is 0. The van der Waals surface area contributed by atoms with Crippen molar-refractivity contribution in [2.45, 2.75) is 58.5 Å². The van der Waals surface area contributed by atoms with E-state index in [1.165, 1.54) is 6.07 Å². The number of benzene rings is 1. The van der Waals surface area contributed by atoms with Gasteiger partial charge in [-0.2, -0.15) is 0 Å². The zero-order valence-corrected chi connectivity index (χ0v) is 22.5. The minimum Gasteiger partial charge on any atom is -0.444 e. The summed E-state index contributed by atoms with van der Waals surface area (Å²) in [5.41, 5.74) is 0.620. The standard InChI is InChI=1S/C28H42FN3O5/c1-28(2,3)37-27(34)31-10-6-22(7-11-31)20-32(26(33)18-21-8-14-35-15-9-21)23-4-5-25(24(29)19-23)30-12-16-36-17-13-30/h4-5,19,21-22H,6-18,20H2,1-3H3. The number of carbonyl (C=O) groups is 2. The summed E-state index contributed by atoms with van der Waals surface area (Å²) in [6.07, 6.45) is 3.44. The summed E-state index contributed by atoms with van der Waals surface area (Å²) in [5.74, 6) is 0.220. The number of anilines is 2. The fraction of sp³-hybridized carbons (Fsp3) is 0.714. The molecule has 3 aliphatic rings. The number of hydrogen-bond donors (Lipinski definition) is 0. The normalized spacial score (nSPS) is 20.1. The lowest BCUT2D eigenvalue weighted by Crippen LogP contribution is -2.45. The SMILES string of the molecule is CC(C)(C)OC(=O)N1CCC(CN(C(=O)CC2CCOCC2)c2ccc(N3CCOCC3)c(F)c2)CC1. The molecule has 0 atom stereocenters. The Balaban J connectivity index is 1.45. The van der Waals surface area contributed by atoms with E-state index in [1.54, 1.807) is 15.9 Å². The van der Waals surface area contributed by atoms with E-state index in [-0.39, 0.29) is 29.7 Å². The monoisotopic (exact) mass is 519 g/mol. The van der Waals surface area contributed by atoms with Gasteiger partial charge in [0.2, 0.25) is 5.91 Å². The summed E-state index contributed by atoms with van der Waals surface area (Å²) in [6, 6.07) is 5.16. The van der Waals surface area contributed by atoms with Gasteiger partial charge in [-0.25, -0.2) is 9.18 Å². The van der Waals surface area contributed by atoms with Crippen molar-refractivity contribution in [2.24, 2.45) is 11.8 Å². The molecule has 0 spiro atoms. The highest BCUT2D eigenvalue weighted by molar-refractivity contribution is 5.93. The first-order valence-electron chi connectivity index (χ1n) is 13.7. The molecule has 0 bridgehead atoms. The van der Waals surface area contributed by atoms with Crippen molar-refractivity contribution in [2.75, 3.05) is 69.0 Å². The highest BCUT2D eigenvalue weighted by Gasteiger charge is 2.30. The molecule has 3 heterocycles. The second-order valence-electron chi connectivity index (χ2n) is 11.4. The Bertz CT molecular complexity index is 917. The van der Waals surface area contributed by atoms with Crippen LogP contribution in [0.25, 0.3) is 0 Å². The van der Waals surface area contributed by atoms with Gasteiger partial charge >= 0.3 is 6.09 Å². The van der Waals surface area contributed by atoms with Crippen LogP contribution in [-0.2, 0) is 19.0 Å². The first-order valence-corrected chi connectivity index (χ1v) is 13.7. The maximum absolute atomic E-state index is 15.3. The van der Waals surface area contributed by atoms with Crippen LogP contribution in [0.3, 0.4) is 0 Å². The van der Waals surface area contributed by atoms with Gasteiger partial charge in [0, 0.05) is 58.0 Å². The molecule has 0 aliphatic carbocycles. The van der Waals surface area contributed by atoms with Crippen LogP contribution in [0.5, 0.6) is 0 Å². The summed E-state index contributed by atoms with van der Waals surface area (Å²) in [5, 5.41) is 0. The topological polar surface area (TPSA) is 71.5 Å². The van der Waals surface area contributed by atoms with Crippen LogP contribution in [0.15, 0.2) is 18.2 Å². The maximum atomic E-state index is 15.3. The van der Waals surface area contributed by atoms with Gasteiger partial charge in [-0.3, -0.25) is 4.79 Å². The molecule has 8 nitrogen and oxygen atoms in total. The molecular formula is C28H42FN3O5. The Hall–Kier alpha value is -2.39. The van der Waals surface area contributed by atoms with Crippen molar-refractivity contribution in [3.05, 3.63) is 24.0 Å². The van der Waals surface area contributed by atoms with Gasteiger partial charge in [-0.15, -0.1) is 0 Å². The van der Waals surface area contributed by atoms with E-state index in [0.717, 1.165) is 25.7 Å². The van der Waals surface area contributed by atoms with Crippen LogP contribution in [0.4, 0.5) is 20.6 Å². The molecular weight excluding hydrogens is 477 g/mol. The second-order valence-corrected chi connectivity index (χ2v) is 11.4. The zero-order valence-electron chi connectivity index (χ0n) is 22.5. The van der Waals surface area contributed by atoms with Crippen LogP contribution in [0.2, 0.25) is 0 Å². The molecule has 0 N–H and O–H groups in total. The van der Waals surface area contributed by atoms with Crippen LogP contribution in [0, 0.1) is 17.7 Å². The number of halogens is 1. The van der Waals surface area contributed by atoms with Crippen molar-refractivity contribution in [3.63, 3.8) is 0 Å². The Kier molecular flexibility index (Phi) is 9.29. The van der Waals surface area contributed by atoms with E-state index in [1.807, 2.05) is 31.7 Å². The van der Waals surface area contributed by atoms with Gasteiger partial charge in [0.05, 0.1) is 18.9 Å². The lowest BCUT2D eigenvalue weighted by atomic mass is 9.93.